The normalized spacial score (nSPS) is 19.4. The van der Waals surface area contributed by atoms with Crippen LogP contribution >= 0.6 is 0 Å². The largest absolute Gasteiger partial charge is 0.376 e. The van der Waals surface area contributed by atoms with E-state index in [1.54, 1.807) is 12.3 Å². The monoisotopic (exact) mass is 516 g/mol. The molecule has 0 saturated heterocycles. The summed E-state index contributed by atoms with van der Waals surface area (Å²) in [6.45, 7) is 8.27. The van der Waals surface area contributed by atoms with Gasteiger partial charge < -0.3 is 9.67 Å². The third kappa shape index (κ3) is 4.57. The molecule has 0 amide bonds. The summed E-state index contributed by atoms with van der Waals surface area (Å²) in [5, 5.41) is 13.7. The zero-order valence-corrected chi connectivity index (χ0v) is 23.2. The number of aliphatic hydroxyl groups is 1. The predicted octanol–water partition coefficient (Wildman–Crippen LogP) is 7.28. The number of nitrogens with zero attached hydrogens (tertiary/aromatic N) is 2. The summed E-state index contributed by atoms with van der Waals surface area (Å²) in [6, 6.07) is 23.0. The highest BCUT2D eigenvalue weighted by Gasteiger charge is 2.35. The van der Waals surface area contributed by atoms with E-state index < -0.39 is 5.60 Å². The van der Waals surface area contributed by atoms with Crippen LogP contribution in [-0.4, -0.2) is 15.9 Å². The fourth-order valence-electron chi connectivity index (χ4n) is 5.91. The lowest BCUT2D eigenvalue weighted by atomic mass is 9.79. The summed E-state index contributed by atoms with van der Waals surface area (Å²) in [4.78, 5) is 18.0. The number of pyridine rings is 1. The van der Waals surface area contributed by atoms with Crippen molar-refractivity contribution < 1.29 is 5.11 Å². The fraction of sp³-hybridized carbons (Fsp3) is 0.314. The van der Waals surface area contributed by atoms with Crippen LogP contribution < -0.4 is 5.56 Å². The second kappa shape index (κ2) is 9.77. The number of rotatable bonds is 4. The van der Waals surface area contributed by atoms with Crippen molar-refractivity contribution in [3.05, 3.63) is 117 Å². The minimum atomic E-state index is -1.38. The molecule has 6 bridgehead atoms. The van der Waals surface area contributed by atoms with E-state index in [4.69, 9.17) is 0 Å². The summed E-state index contributed by atoms with van der Waals surface area (Å²) in [5.74, 6) is 0.312. The number of hydrogen-bond acceptors (Lipinski definition) is 3. The highest BCUT2D eigenvalue weighted by Crippen LogP contribution is 2.42. The first-order valence-corrected chi connectivity index (χ1v) is 14.1. The van der Waals surface area contributed by atoms with E-state index in [-0.39, 0.29) is 11.6 Å². The molecule has 0 spiro atoms. The Morgan fingerprint density at radius 3 is 2.56 bits per heavy atom. The lowest BCUT2D eigenvalue weighted by molar-refractivity contribution is 0.121. The maximum Gasteiger partial charge on any atom is 0.251 e. The average molecular weight is 517 g/mol. The van der Waals surface area contributed by atoms with Crippen LogP contribution in [0.25, 0.3) is 22.0 Å². The van der Waals surface area contributed by atoms with Crippen molar-refractivity contribution in [3.8, 4) is 11.1 Å². The van der Waals surface area contributed by atoms with Crippen LogP contribution in [0.2, 0.25) is 0 Å². The molecule has 4 heteroatoms. The number of fused-ring (bicyclic) bond motifs is 6. The van der Waals surface area contributed by atoms with Crippen LogP contribution in [0, 0.1) is 12.8 Å². The Balaban J connectivity index is 1.69. The first-order valence-electron chi connectivity index (χ1n) is 14.1. The molecule has 4 aromatic rings. The molecule has 2 aliphatic carbocycles. The first-order chi connectivity index (χ1) is 18.8. The quantitative estimate of drug-likeness (QED) is 0.290. The zero-order valence-electron chi connectivity index (χ0n) is 23.2. The summed E-state index contributed by atoms with van der Waals surface area (Å²) in [7, 11) is 0. The number of aliphatic imine (C=N–C) groups is 1. The zero-order chi connectivity index (χ0) is 27.3. The third-order valence-corrected chi connectivity index (χ3v) is 8.29. The van der Waals surface area contributed by atoms with Gasteiger partial charge in [0.05, 0.1) is 5.52 Å². The molecule has 1 aromatic heterocycles. The van der Waals surface area contributed by atoms with Crippen molar-refractivity contribution in [1.29, 1.82) is 0 Å². The van der Waals surface area contributed by atoms with Crippen molar-refractivity contribution in [2.24, 2.45) is 10.9 Å². The lowest BCUT2D eigenvalue weighted by Crippen LogP contribution is -2.29. The van der Waals surface area contributed by atoms with E-state index in [0.29, 0.717) is 5.92 Å². The smallest absolute Gasteiger partial charge is 0.251 e. The summed E-state index contributed by atoms with van der Waals surface area (Å²) in [6.07, 6.45) is 7.48. The van der Waals surface area contributed by atoms with Gasteiger partial charge in [0.25, 0.3) is 5.56 Å². The van der Waals surface area contributed by atoms with E-state index >= 15 is 0 Å². The van der Waals surface area contributed by atoms with Crippen LogP contribution in [0.1, 0.15) is 67.5 Å². The number of hydrogen-bond donors (Lipinski definition) is 1. The molecular formula is C35H36N2O2. The highest BCUT2D eigenvalue weighted by atomic mass is 16.3. The van der Waals surface area contributed by atoms with Gasteiger partial charge in [-0.05, 0) is 102 Å². The Morgan fingerprint density at radius 2 is 1.79 bits per heavy atom. The van der Waals surface area contributed by atoms with Crippen LogP contribution in [-0.2, 0) is 18.4 Å². The average Bonchev–Trinajstić information content (AvgIpc) is 3.76. The molecule has 0 radical (unpaired) electrons. The van der Waals surface area contributed by atoms with Gasteiger partial charge in [-0.3, -0.25) is 9.79 Å². The van der Waals surface area contributed by atoms with Crippen LogP contribution in [0.15, 0.2) is 88.3 Å². The van der Waals surface area contributed by atoms with E-state index in [9.17, 15) is 9.90 Å². The van der Waals surface area contributed by atoms with Crippen LogP contribution in [0.4, 0.5) is 0 Å². The highest BCUT2D eigenvalue weighted by molar-refractivity contribution is 5.95. The third-order valence-electron chi connectivity index (χ3n) is 8.29. The van der Waals surface area contributed by atoms with Crippen molar-refractivity contribution in [2.75, 3.05) is 0 Å². The maximum atomic E-state index is 13.4. The van der Waals surface area contributed by atoms with Crippen molar-refractivity contribution >= 4 is 17.1 Å². The molecule has 2 aliphatic rings. The minimum Gasteiger partial charge on any atom is -0.376 e. The Morgan fingerprint density at radius 1 is 1.03 bits per heavy atom. The maximum absolute atomic E-state index is 13.4. The van der Waals surface area contributed by atoms with E-state index in [2.05, 4.69) is 68.2 Å². The number of benzene rings is 3. The molecule has 6 rings (SSSR count). The summed E-state index contributed by atoms with van der Waals surface area (Å²) in [5.41, 5.74) is 7.57. The Labute approximate surface area is 230 Å². The van der Waals surface area contributed by atoms with Gasteiger partial charge in [0.2, 0.25) is 0 Å². The Hall–Kier alpha value is -3.76. The first kappa shape index (κ1) is 25.5. The molecule has 1 N–H and O–H groups in total. The Kier molecular flexibility index (Phi) is 6.39. The number of aryl methyl sites for hydroxylation is 3. The van der Waals surface area contributed by atoms with E-state index in [1.165, 1.54) is 16.7 Å². The molecule has 4 nitrogen and oxygen atoms in total. The second-order valence-electron chi connectivity index (χ2n) is 11.6. The molecule has 198 valence electrons. The minimum absolute atomic E-state index is 0.0408. The molecule has 39 heavy (non-hydrogen) atoms. The predicted molar refractivity (Wildman–Crippen MR) is 161 cm³/mol. The second-order valence-corrected chi connectivity index (χ2v) is 11.6. The molecule has 3 aromatic carbocycles. The van der Waals surface area contributed by atoms with Gasteiger partial charge in [0, 0.05) is 29.9 Å². The van der Waals surface area contributed by atoms with Gasteiger partial charge in [-0.15, -0.1) is 0 Å². The standard InChI is InChI=1S/C35H36N2O2/c1-22(2)20-36-21-24(4)35(39)28-11-8-23(3)26(17-28)10-9-25-6-5-7-27(16-25)31-19-34(38)37(30-13-14-30)33-15-12-29(35)18-32(31)33/h5-8,11-12,15-22,30,39H,9-10,13-14H2,1-4H3/b24-21+,36-20?. The molecule has 0 aliphatic heterocycles. The topological polar surface area (TPSA) is 54.6 Å². The van der Waals surface area contributed by atoms with Crippen molar-refractivity contribution in [3.63, 3.8) is 0 Å². The molecular weight excluding hydrogens is 480 g/mol. The van der Waals surface area contributed by atoms with E-state index in [0.717, 1.165) is 64.4 Å². The van der Waals surface area contributed by atoms with Gasteiger partial charge in [0.15, 0.2) is 0 Å². The molecule has 1 fully saturated rings. The molecule has 1 saturated carbocycles. The SMILES string of the molecule is C/C(=C\N=CC(C)C)C1(O)c2ccc(C)c(c2)CCc2cccc(c2)-c2cc(=O)n(C3CC3)c3ccc1cc23. The Bertz CT molecular complexity index is 1700. The lowest BCUT2D eigenvalue weighted by Gasteiger charge is -2.31. The van der Waals surface area contributed by atoms with Crippen LogP contribution in [0.5, 0.6) is 0 Å². The van der Waals surface area contributed by atoms with E-state index in [1.807, 2.05) is 35.9 Å². The molecule has 1 atom stereocenters. The van der Waals surface area contributed by atoms with Crippen molar-refractivity contribution in [1.82, 2.24) is 4.57 Å². The van der Waals surface area contributed by atoms with Crippen molar-refractivity contribution in [2.45, 2.75) is 65.0 Å². The van der Waals surface area contributed by atoms with Gasteiger partial charge in [-0.1, -0.05) is 62.4 Å². The van der Waals surface area contributed by atoms with Gasteiger partial charge >= 0.3 is 0 Å². The summed E-state index contributed by atoms with van der Waals surface area (Å²) < 4.78 is 1.95. The van der Waals surface area contributed by atoms with Gasteiger partial charge in [-0.2, -0.15) is 0 Å². The number of aromatic nitrogens is 1. The van der Waals surface area contributed by atoms with Crippen LogP contribution in [0.3, 0.4) is 0 Å². The van der Waals surface area contributed by atoms with Gasteiger partial charge in [0.1, 0.15) is 5.60 Å². The molecule has 1 heterocycles. The fourth-order valence-corrected chi connectivity index (χ4v) is 5.91. The molecule has 1 unspecified atom stereocenters. The van der Waals surface area contributed by atoms with Gasteiger partial charge in [-0.25, -0.2) is 0 Å². The summed E-state index contributed by atoms with van der Waals surface area (Å²) >= 11 is 0.